The molecule has 0 aromatic carbocycles. The molecule has 0 fully saturated rings. The van der Waals surface area contributed by atoms with E-state index in [1.807, 2.05) is 0 Å². The second kappa shape index (κ2) is 22.4. The number of hydrogen-bond acceptors (Lipinski definition) is 4. The molecule has 0 aliphatic heterocycles. The molecule has 0 saturated carbocycles. The van der Waals surface area contributed by atoms with E-state index in [2.05, 4.69) is 9.47 Å². The molecule has 0 unspecified atom stereocenters. The summed E-state index contributed by atoms with van der Waals surface area (Å²) in [6, 6.07) is 0. The van der Waals surface area contributed by atoms with Gasteiger partial charge in [0.25, 0.3) is 0 Å². The van der Waals surface area contributed by atoms with E-state index in [1.165, 1.54) is 0 Å². The van der Waals surface area contributed by atoms with Gasteiger partial charge in [0, 0.05) is 14.2 Å². The van der Waals surface area contributed by atoms with Gasteiger partial charge in [-0.05, 0) is 0 Å². The van der Waals surface area contributed by atoms with Crippen LogP contribution in [0.25, 0.3) is 0 Å². The molecule has 4 nitrogen and oxygen atoms in total. The van der Waals surface area contributed by atoms with Gasteiger partial charge >= 0.3 is 17.1 Å². The first-order valence-corrected chi connectivity index (χ1v) is 3.03. The van der Waals surface area contributed by atoms with Crippen molar-refractivity contribution in [3.8, 4) is 0 Å². The van der Waals surface area contributed by atoms with E-state index in [1.54, 1.807) is 14.2 Å². The second-order valence-corrected chi connectivity index (χ2v) is 1.47. The molecule has 11 heavy (non-hydrogen) atoms. The number of hydrogen-bond donors (Lipinski definition) is 2. The normalized spacial score (nSPS) is 7.64. The van der Waals surface area contributed by atoms with Crippen LogP contribution in [0, 0.1) is 0 Å². The first kappa shape index (κ1) is 17.4. The van der Waals surface area contributed by atoms with Gasteiger partial charge in [-0.2, -0.15) is 0 Å². The number of ether oxygens (including phenoxy) is 2. The summed E-state index contributed by atoms with van der Waals surface area (Å²) >= 11 is 0. The molecule has 0 saturated heterocycles. The minimum absolute atomic E-state index is 0. The SMILES string of the molecule is COC.OCCOCCO.[Fe+2]. The zero-order valence-corrected chi connectivity index (χ0v) is 8.00. The maximum absolute atomic E-state index is 8.09. The van der Waals surface area contributed by atoms with Gasteiger partial charge in [-0.3, -0.25) is 0 Å². The van der Waals surface area contributed by atoms with Crippen molar-refractivity contribution in [3.05, 3.63) is 0 Å². The van der Waals surface area contributed by atoms with Crippen molar-refractivity contribution in [1.82, 2.24) is 0 Å². The van der Waals surface area contributed by atoms with Crippen LogP contribution in [-0.4, -0.2) is 50.9 Å². The van der Waals surface area contributed by atoms with Crippen LogP contribution in [0.2, 0.25) is 0 Å². The van der Waals surface area contributed by atoms with Crippen LogP contribution in [-0.2, 0) is 26.5 Å². The largest absolute Gasteiger partial charge is 2.00 e. The fraction of sp³-hybridized carbons (Fsp3) is 1.00. The summed E-state index contributed by atoms with van der Waals surface area (Å²) in [5, 5.41) is 16.2. The van der Waals surface area contributed by atoms with Crippen molar-refractivity contribution in [2.45, 2.75) is 0 Å². The standard InChI is InChI=1S/C4H10O3.C2H6O.Fe/c5-1-3-7-4-2-6;1-3-2;/h5-6H,1-4H2;1-2H3;/q;;+2. The topological polar surface area (TPSA) is 58.9 Å². The van der Waals surface area contributed by atoms with Crippen molar-refractivity contribution in [2.75, 3.05) is 40.6 Å². The van der Waals surface area contributed by atoms with Crippen LogP contribution in [0.4, 0.5) is 0 Å². The summed E-state index contributed by atoms with van der Waals surface area (Å²) in [6.45, 7) is 0.696. The Labute approximate surface area is 78.0 Å². The Kier molecular flexibility index (Phi) is 35.6. The fourth-order valence-corrected chi connectivity index (χ4v) is 0.231. The third-order valence-electron chi connectivity index (χ3n) is 0.471. The minimum Gasteiger partial charge on any atom is -0.394 e. The average Bonchev–Trinajstić information content (AvgIpc) is 1.91. The second-order valence-electron chi connectivity index (χ2n) is 1.47. The van der Waals surface area contributed by atoms with Crippen LogP contribution in [0.5, 0.6) is 0 Å². The quantitative estimate of drug-likeness (QED) is 0.471. The molecular weight excluding hydrogens is 192 g/mol. The van der Waals surface area contributed by atoms with Gasteiger partial charge in [0.2, 0.25) is 0 Å². The molecule has 0 aromatic heterocycles. The van der Waals surface area contributed by atoms with Gasteiger partial charge in [0.05, 0.1) is 26.4 Å². The molecule has 70 valence electrons. The molecule has 0 atom stereocenters. The van der Waals surface area contributed by atoms with Crippen LogP contribution in [0.1, 0.15) is 0 Å². The molecule has 0 rings (SSSR count). The summed E-state index contributed by atoms with van der Waals surface area (Å²) in [6.07, 6.45) is 0. The number of aliphatic hydroxyl groups excluding tert-OH is 2. The summed E-state index contributed by atoms with van der Waals surface area (Å²) in [5.41, 5.74) is 0. The van der Waals surface area contributed by atoms with E-state index in [0.29, 0.717) is 13.2 Å². The molecule has 0 bridgehead atoms. The molecule has 0 spiro atoms. The Morgan fingerprint density at radius 3 is 1.45 bits per heavy atom. The van der Waals surface area contributed by atoms with Crippen molar-refractivity contribution in [1.29, 1.82) is 0 Å². The average molecular weight is 208 g/mol. The van der Waals surface area contributed by atoms with Crippen LogP contribution in [0.15, 0.2) is 0 Å². The first-order valence-electron chi connectivity index (χ1n) is 3.03. The molecule has 0 aliphatic rings. The summed E-state index contributed by atoms with van der Waals surface area (Å²) in [4.78, 5) is 0. The van der Waals surface area contributed by atoms with Gasteiger partial charge in [-0.25, -0.2) is 0 Å². The molecule has 0 aromatic rings. The number of rotatable bonds is 4. The maximum Gasteiger partial charge on any atom is 2.00 e. The molecule has 0 heterocycles. The van der Waals surface area contributed by atoms with E-state index in [4.69, 9.17) is 10.2 Å². The smallest absolute Gasteiger partial charge is 0.394 e. The summed E-state index contributed by atoms with van der Waals surface area (Å²) in [5.74, 6) is 0. The molecule has 0 aliphatic carbocycles. The van der Waals surface area contributed by atoms with E-state index in [9.17, 15) is 0 Å². The Morgan fingerprint density at radius 2 is 1.27 bits per heavy atom. The van der Waals surface area contributed by atoms with Crippen LogP contribution >= 0.6 is 0 Å². The van der Waals surface area contributed by atoms with Gasteiger partial charge in [-0.15, -0.1) is 0 Å². The number of methoxy groups -OCH3 is 1. The molecule has 5 heteroatoms. The first-order chi connectivity index (χ1) is 4.83. The zero-order valence-electron chi connectivity index (χ0n) is 6.89. The van der Waals surface area contributed by atoms with Gasteiger partial charge in [0.1, 0.15) is 0 Å². The fourth-order valence-electron chi connectivity index (χ4n) is 0.231. The van der Waals surface area contributed by atoms with Crippen molar-refractivity contribution in [3.63, 3.8) is 0 Å². The van der Waals surface area contributed by atoms with Crippen molar-refractivity contribution >= 4 is 0 Å². The monoisotopic (exact) mass is 208 g/mol. The zero-order chi connectivity index (χ0) is 8.24. The molecule has 2 N–H and O–H groups in total. The Morgan fingerprint density at radius 1 is 1.00 bits per heavy atom. The third-order valence-corrected chi connectivity index (χ3v) is 0.471. The third kappa shape index (κ3) is 38.1. The Hall–Kier alpha value is 0.359. The number of aliphatic hydroxyl groups is 2. The molecule has 0 radical (unpaired) electrons. The van der Waals surface area contributed by atoms with Gasteiger partial charge in [0.15, 0.2) is 0 Å². The van der Waals surface area contributed by atoms with E-state index < -0.39 is 0 Å². The van der Waals surface area contributed by atoms with E-state index >= 15 is 0 Å². The van der Waals surface area contributed by atoms with E-state index in [0.717, 1.165) is 0 Å². The predicted molar refractivity (Wildman–Crippen MR) is 37.9 cm³/mol. The van der Waals surface area contributed by atoms with E-state index in [-0.39, 0.29) is 30.3 Å². The van der Waals surface area contributed by atoms with Crippen molar-refractivity contribution < 1.29 is 36.8 Å². The van der Waals surface area contributed by atoms with Crippen LogP contribution in [0.3, 0.4) is 0 Å². The van der Waals surface area contributed by atoms with Crippen molar-refractivity contribution in [2.24, 2.45) is 0 Å². The predicted octanol–water partition coefficient (Wildman–Crippen LogP) is -0.752. The summed E-state index contributed by atoms with van der Waals surface area (Å²) in [7, 11) is 3.25. The molecule has 0 amide bonds. The Bertz CT molecular complexity index is 41.6. The van der Waals surface area contributed by atoms with Crippen LogP contribution < -0.4 is 0 Å². The summed E-state index contributed by atoms with van der Waals surface area (Å²) < 4.78 is 8.88. The Balaban J connectivity index is -0.000000140. The maximum atomic E-state index is 8.09. The molecular formula is C6H16FeO4+2. The minimum atomic E-state index is 0. The van der Waals surface area contributed by atoms with Gasteiger partial charge in [-0.1, -0.05) is 0 Å². The van der Waals surface area contributed by atoms with Gasteiger partial charge < -0.3 is 19.7 Å².